The minimum Gasteiger partial charge on any atom is -0.376 e. The van der Waals surface area contributed by atoms with Crippen LogP contribution < -0.4 is 10.6 Å². The van der Waals surface area contributed by atoms with E-state index in [2.05, 4.69) is 4.98 Å². The summed E-state index contributed by atoms with van der Waals surface area (Å²) in [5.41, 5.74) is 7.51. The summed E-state index contributed by atoms with van der Waals surface area (Å²) in [6, 6.07) is 1.85. The zero-order chi connectivity index (χ0) is 10.0. The average molecular weight is 200 g/mol. The zero-order valence-electron chi connectivity index (χ0n) is 8.08. The largest absolute Gasteiger partial charge is 0.376 e. The minimum atomic E-state index is -0.0593. The number of hydrogen-bond donors (Lipinski definition) is 1. The van der Waals surface area contributed by atoms with Crippen LogP contribution in [0.25, 0.3) is 0 Å². The molecule has 0 amide bonds. The van der Waals surface area contributed by atoms with Crippen LogP contribution in [0, 0.1) is 0 Å². The van der Waals surface area contributed by atoms with Gasteiger partial charge in [0.2, 0.25) is 0 Å². The van der Waals surface area contributed by atoms with E-state index >= 15 is 0 Å². The second kappa shape index (κ2) is 3.94. The van der Waals surface area contributed by atoms with Crippen molar-refractivity contribution in [2.24, 2.45) is 5.73 Å². The lowest BCUT2D eigenvalue weighted by molar-refractivity contribution is 0.780. The van der Waals surface area contributed by atoms with E-state index in [0.29, 0.717) is 5.02 Å². The van der Waals surface area contributed by atoms with Crippen molar-refractivity contribution in [3.05, 3.63) is 23.0 Å². The van der Waals surface area contributed by atoms with Gasteiger partial charge < -0.3 is 10.6 Å². The molecular weight excluding hydrogens is 186 g/mol. The number of rotatable bonds is 2. The minimum absolute atomic E-state index is 0.0593. The second-order valence-corrected chi connectivity index (χ2v) is 3.65. The molecule has 0 bridgehead atoms. The third-order valence-electron chi connectivity index (χ3n) is 1.80. The highest BCUT2D eigenvalue weighted by atomic mass is 35.5. The van der Waals surface area contributed by atoms with Gasteiger partial charge in [0.25, 0.3) is 0 Å². The Morgan fingerprint density at radius 2 is 2.15 bits per heavy atom. The summed E-state index contributed by atoms with van der Waals surface area (Å²) in [5, 5.41) is 0.648. The molecule has 72 valence electrons. The van der Waals surface area contributed by atoms with Crippen molar-refractivity contribution in [2.75, 3.05) is 19.0 Å². The number of nitrogens with two attached hydrogens (primary N) is 1. The van der Waals surface area contributed by atoms with Crippen molar-refractivity contribution in [2.45, 2.75) is 13.0 Å². The highest BCUT2D eigenvalue weighted by molar-refractivity contribution is 6.33. The number of aromatic nitrogens is 1. The van der Waals surface area contributed by atoms with Crippen LogP contribution >= 0.6 is 11.6 Å². The fourth-order valence-electron chi connectivity index (χ4n) is 1.04. The van der Waals surface area contributed by atoms with Gasteiger partial charge in [-0.2, -0.15) is 0 Å². The van der Waals surface area contributed by atoms with Gasteiger partial charge in [0.15, 0.2) is 0 Å². The summed E-state index contributed by atoms with van der Waals surface area (Å²) in [4.78, 5) is 6.08. The number of pyridine rings is 1. The molecule has 0 aromatic carbocycles. The molecule has 4 heteroatoms. The molecular formula is C9H14ClN3. The Hall–Kier alpha value is -0.800. The molecule has 1 atom stereocenters. The van der Waals surface area contributed by atoms with E-state index in [1.807, 2.05) is 32.0 Å². The van der Waals surface area contributed by atoms with Gasteiger partial charge in [-0.25, -0.2) is 0 Å². The molecule has 0 spiro atoms. The molecule has 1 aromatic rings. The predicted octanol–water partition coefficient (Wildman–Crippen LogP) is 1.82. The van der Waals surface area contributed by atoms with Crippen LogP contribution in [0.15, 0.2) is 12.3 Å². The highest BCUT2D eigenvalue weighted by Gasteiger charge is 2.07. The maximum atomic E-state index is 5.95. The van der Waals surface area contributed by atoms with E-state index in [0.717, 1.165) is 11.4 Å². The molecule has 1 rings (SSSR count). The SMILES string of the molecule is CC(N)c1cc(N(C)C)c(Cl)cn1. The first-order chi connectivity index (χ1) is 6.02. The Bertz CT molecular complexity index is 297. The van der Waals surface area contributed by atoms with Crippen LogP contribution in [0.2, 0.25) is 5.02 Å². The molecule has 1 heterocycles. The van der Waals surface area contributed by atoms with Gasteiger partial charge in [-0.15, -0.1) is 0 Å². The van der Waals surface area contributed by atoms with Crippen molar-refractivity contribution in [1.29, 1.82) is 0 Å². The van der Waals surface area contributed by atoms with Gasteiger partial charge in [0.1, 0.15) is 0 Å². The monoisotopic (exact) mass is 199 g/mol. The van der Waals surface area contributed by atoms with E-state index < -0.39 is 0 Å². The first-order valence-corrected chi connectivity index (χ1v) is 4.48. The van der Waals surface area contributed by atoms with Crippen LogP contribution in [0.5, 0.6) is 0 Å². The Kier molecular flexibility index (Phi) is 3.12. The molecule has 0 radical (unpaired) electrons. The average Bonchev–Trinajstić information content (AvgIpc) is 2.04. The lowest BCUT2D eigenvalue weighted by atomic mass is 10.2. The predicted molar refractivity (Wildman–Crippen MR) is 56.2 cm³/mol. The number of nitrogens with zero attached hydrogens (tertiary/aromatic N) is 2. The fourth-order valence-corrected chi connectivity index (χ4v) is 1.31. The standard InChI is InChI=1S/C9H14ClN3/c1-6(11)8-4-9(13(2)3)7(10)5-12-8/h4-6H,11H2,1-3H3. The molecule has 13 heavy (non-hydrogen) atoms. The summed E-state index contributed by atoms with van der Waals surface area (Å²) >= 11 is 5.95. The van der Waals surface area contributed by atoms with Crippen LogP contribution in [0.1, 0.15) is 18.7 Å². The number of hydrogen-bond acceptors (Lipinski definition) is 3. The normalized spacial score (nSPS) is 12.7. The van der Waals surface area contributed by atoms with Gasteiger partial charge in [0.05, 0.1) is 16.4 Å². The molecule has 0 aliphatic carbocycles. The third kappa shape index (κ3) is 2.32. The highest BCUT2D eigenvalue weighted by Crippen LogP contribution is 2.25. The molecule has 1 aromatic heterocycles. The van der Waals surface area contributed by atoms with E-state index in [-0.39, 0.29) is 6.04 Å². The van der Waals surface area contributed by atoms with E-state index in [4.69, 9.17) is 17.3 Å². The molecule has 2 N–H and O–H groups in total. The van der Waals surface area contributed by atoms with Crippen molar-refractivity contribution in [1.82, 2.24) is 4.98 Å². The Morgan fingerprint density at radius 1 is 1.54 bits per heavy atom. The Labute approximate surface area is 83.5 Å². The first kappa shape index (κ1) is 10.3. The van der Waals surface area contributed by atoms with Gasteiger partial charge in [-0.05, 0) is 13.0 Å². The van der Waals surface area contributed by atoms with Gasteiger partial charge in [-0.3, -0.25) is 4.98 Å². The quantitative estimate of drug-likeness (QED) is 0.790. The van der Waals surface area contributed by atoms with Crippen LogP contribution in [0.3, 0.4) is 0 Å². The Morgan fingerprint density at radius 3 is 2.62 bits per heavy atom. The van der Waals surface area contributed by atoms with Crippen molar-refractivity contribution >= 4 is 17.3 Å². The topological polar surface area (TPSA) is 42.1 Å². The van der Waals surface area contributed by atoms with Crippen molar-refractivity contribution in [3.63, 3.8) is 0 Å². The van der Waals surface area contributed by atoms with Crippen LogP contribution in [0.4, 0.5) is 5.69 Å². The van der Waals surface area contributed by atoms with Gasteiger partial charge in [-0.1, -0.05) is 11.6 Å². The van der Waals surface area contributed by atoms with E-state index in [9.17, 15) is 0 Å². The lowest BCUT2D eigenvalue weighted by Gasteiger charge is -2.16. The first-order valence-electron chi connectivity index (χ1n) is 4.10. The molecule has 0 saturated heterocycles. The maximum Gasteiger partial charge on any atom is 0.0822 e. The summed E-state index contributed by atoms with van der Waals surface area (Å²) in [7, 11) is 3.87. The molecule has 0 saturated carbocycles. The third-order valence-corrected chi connectivity index (χ3v) is 2.10. The molecule has 0 fully saturated rings. The smallest absolute Gasteiger partial charge is 0.0822 e. The fraction of sp³-hybridized carbons (Fsp3) is 0.444. The lowest BCUT2D eigenvalue weighted by Crippen LogP contribution is -2.13. The maximum absolute atomic E-state index is 5.95. The van der Waals surface area contributed by atoms with Crippen molar-refractivity contribution < 1.29 is 0 Å². The zero-order valence-corrected chi connectivity index (χ0v) is 8.84. The van der Waals surface area contributed by atoms with Gasteiger partial charge >= 0.3 is 0 Å². The molecule has 1 unspecified atom stereocenters. The molecule has 3 nitrogen and oxygen atoms in total. The van der Waals surface area contributed by atoms with Crippen LogP contribution in [-0.2, 0) is 0 Å². The van der Waals surface area contributed by atoms with Crippen molar-refractivity contribution in [3.8, 4) is 0 Å². The summed E-state index contributed by atoms with van der Waals surface area (Å²) in [5.74, 6) is 0. The molecule has 0 aliphatic heterocycles. The summed E-state index contributed by atoms with van der Waals surface area (Å²) in [6.45, 7) is 1.90. The number of anilines is 1. The molecule has 0 aliphatic rings. The van der Waals surface area contributed by atoms with Crippen LogP contribution in [-0.4, -0.2) is 19.1 Å². The van der Waals surface area contributed by atoms with E-state index in [1.165, 1.54) is 0 Å². The van der Waals surface area contributed by atoms with Gasteiger partial charge in [0, 0.05) is 26.3 Å². The second-order valence-electron chi connectivity index (χ2n) is 3.24. The Balaban J connectivity index is 3.11. The summed E-state index contributed by atoms with van der Waals surface area (Å²) in [6.07, 6.45) is 1.63. The summed E-state index contributed by atoms with van der Waals surface area (Å²) < 4.78 is 0. The number of halogens is 1. The van der Waals surface area contributed by atoms with E-state index in [1.54, 1.807) is 6.20 Å².